The maximum atomic E-state index is 14.1. The molecule has 3 aromatic rings. The van der Waals surface area contributed by atoms with Crippen LogP contribution in [0, 0.1) is 5.82 Å². The van der Waals surface area contributed by atoms with Gasteiger partial charge >= 0.3 is 12.1 Å². The number of aromatic nitrogens is 1. The fourth-order valence-corrected chi connectivity index (χ4v) is 4.37. The molecule has 3 nitrogen and oxygen atoms in total. The van der Waals surface area contributed by atoms with E-state index in [-0.39, 0.29) is 11.5 Å². The summed E-state index contributed by atoms with van der Waals surface area (Å²) in [7, 11) is 1.27. The van der Waals surface area contributed by atoms with E-state index in [1.807, 2.05) is 0 Å². The Hall–Kier alpha value is -3.48. The van der Waals surface area contributed by atoms with E-state index in [1.54, 1.807) is 30.3 Å². The fourth-order valence-electron chi connectivity index (χ4n) is 4.37. The van der Waals surface area contributed by atoms with Crippen LogP contribution in [-0.4, -0.2) is 18.1 Å². The zero-order valence-corrected chi connectivity index (χ0v) is 18.6. The average Bonchev–Trinajstić information content (AvgIpc) is 3.32. The summed E-state index contributed by atoms with van der Waals surface area (Å²) in [5, 5.41) is 0. The number of alkyl halides is 3. The fraction of sp³-hybridized carbons (Fsp3) is 0.259. The van der Waals surface area contributed by atoms with Gasteiger partial charge in [0.25, 0.3) is 0 Å². The number of hydrogen-bond acceptors (Lipinski definition) is 3. The quantitative estimate of drug-likeness (QED) is 0.291. The summed E-state index contributed by atoms with van der Waals surface area (Å²) in [5.41, 5.74) is 3.30. The highest BCUT2D eigenvalue weighted by Gasteiger charge is 2.32. The third-order valence-corrected chi connectivity index (χ3v) is 6.05. The van der Waals surface area contributed by atoms with Gasteiger partial charge in [-0.2, -0.15) is 13.2 Å². The highest BCUT2D eigenvalue weighted by atomic mass is 19.4. The first-order valence-electron chi connectivity index (χ1n) is 11.0. The number of hydrogen-bond donors (Lipinski definition) is 0. The van der Waals surface area contributed by atoms with Gasteiger partial charge in [0.05, 0.1) is 18.4 Å². The van der Waals surface area contributed by atoms with Crippen molar-refractivity contribution in [3.8, 4) is 0 Å². The molecular formula is C27H23F4NO2. The molecule has 7 heteroatoms. The maximum Gasteiger partial charge on any atom is 0.416 e. The second kappa shape index (κ2) is 9.79. The van der Waals surface area contributed by atoms with Crippen LogP contribution in [0.1, 0.15) is 57.7 Å². The Kier molecular flexibility index (Phi) is 6.82. The number of methoxy groups -OCH3 is 1. The molecule has 1 heterocycles. The SMILES string of the molecule is COC(=O)c1cccc(C2=C(c3cc(C(F)(F)F)ccc3CCc3ccccc3F)CCC2)n1. The van der Waals surface area contributed by atoms with Gasteiger partial charge in [-0.1, -0.05) is 30.3 Å². The van der Waals surface area contributed by atoms with Crippen molar-refractivity contribution in [2.24, 2.45) is 0 Å². The molecule has 1 aliphatic carbocycles. The Bertz CT molecular complexity index is 1250. The minimum Gasteiger partial charge on any atom is -0.464 e. The van der Waals surface area contributed by atoms with Crippen LogP contribution < -0.4 is 0 Å². The number of esters is 1. The van der Waals surface area contributed by atoms with Gasteiger partial charge in [0.15, 0.2) is 0 Å². The lowest BCUT2D eigenvalue weighted by Gasteiger charge is -2.17. The van der Waals surface area contributed by atoms with Crippen LogP contribution in [0.3, 0.4) is 0 Å². The molecule has 2 aromatic carbocycles. The van der Waals surface area contributed by atoms with E-state index in [0.717, 1.165) is 29.2 Å². The first kappa shape index (κ1) is 23.7. The molecule has 0 fully saturated rings. The maximum absolute atomic E-state index is 14.1. The Labute approximate surface area is 195 Å². The largest absolute Gasteiger partial charge is 0.464 e. The van der Waals surface area contributed by atoms with Crippen LogP contribution in [0.4, 0.5) is 17.6 Å². The normalized spacial score (nSPS) is 13.9. The van der Waals surface area contributed by atoms with Crippen molar-refractivity contribution in [3.05, 3.63) is 100 Å². The zero-order valence-electron chi connectivity index (χ0n) is 18.6. The molecule has 0 saturated heterocycles. The zero-order chi connectivity index (χ0) is 24.3. The lowest BCUT2D eigenvalue weighted by atomic mass is 9.90. The van der Waals surface area contributed by atoms with Crippen molar-refractivity contribution < 1.29 is 27.1 Å². The summed E-state index contributed by atoms with van der Waals surface area (Å²) < 4.78 is 59.6. The number of benzene rings is 2. The number of rotatable bonds is 6. The number of halogens is 4. The van der Waals surface area contributed by atoms with Crippen LogP contribution in [0.25, 0.3) is 11.1 Å². The number of pyridine rings is 1. The van der Waals surface area contributed by atoms with Crippen LogP contribution >= 0.6 is 0 Å². The van der Waals surface area contributed by atoms with Crippen LogP contribution in [0.15, 0.2) is 60.7 Å². The smallest absolute Gasteiger partial charge is 0.416 e. The predicted molar refractivity (Wildman–Crippen MR) is 121 cm³/mol. The molecule has 176 valence electrons. The summed E-state index contributed by atoms with van der Waals surface area (Å²) in [6, 6.07) is 15.1. The van der Waals surface area contributed by atoms with E-state index in [1.165, 1.54) is 31.4 Å². The number of ether oxygens (including phenoxy) is 1. The molecule has 0 atom stereocenters. The van der Waals surface area contributed by atoms with Crippen molar-refractivity contribution in [2.45, 2.75) is 38.3 Å². The van der Waals surface area contributed by atoms with Crippen molar-refractivity contribution in [1.29, 1.82) is 0 Å². The lowest BCUT2D eigenvalue weighted by molar-refractivity contribution is -0.137. The first-order chi connectivity index (χ1) is 16.3. The Morgan fingerprint density at radius 3 is 2.41 bits per heavy atom. The van der Waals surface area contributed by atoms with Crippen LogP contribution in [-0.2, 0) is 23.8 Å². The topological polar surface area (TPSA) is 39.2 Å². The summed E-state index contributed by atoms with van der Waals surface area (Å²) in [6.45, 7) is 0. The highest BCUT2D eigenvalue weighted by molar-refractivity contribution is 5.94. The van der Waals surface area contributed by atoms with Gasteiger partial charge in [0.2, 0.25) is 0 Å². The number of allylic oxidation sites excluding steroid dienone is 2. The second-order valence-corrected chi connectivity index (χ2v) is 8.17. The molecule has 1 aromatic heterocycles. The average molecular weight is 469 g/mol. The van der Waals surface area contributed by atoms with E-state index >= 15 is 0 Å². The van der Waals surface area contributed by atoms with E-state index < -0.39 is 17.7 Å². The Balaban J connectivity index is 1.79. The summed E-state index contributed by atoms with van der Waals surface area (Å²) in [5.74, 6) is -0.910. The number of carbonyl (C=O) groups is 1. The summed E-state index contributed by atoms with van der Waals surface area (Å²) >= 11 is 0. The van der Waals surface area contributed by atoms with Crippen molar-refractivity contribution in [1.82, 2.24) is 4.98 Å². The van der Waals surface area contributed by atoms with E-state index in [2.05, 4.69) is 4.98 Å². The predicted octanol–water partition coefficient (Wildman–Crippen LogP) is 6.91. The molecule has 0 saturated carbocycles. The number of aryl methyl sites for hydroxylation is 2. The third kappa shape index (κ3) is 5.03. The van der Waals surface area contributed by atoms with Gasteiger partial charge in [-0.15, -0.1) is 0 Å². The molecule has 34 heavy (non-hydrogen) atoms. The standard InChI is InChI=1S/C27H23F4NO2/c1-34-26(33)25-11-5-10-24(32-25)21-8-4-7-20(21)22-16-19(27(29,30)31)15-14-17(22)12-13-18-6-2-3-9-23(18)28/h2-3,5-6,9-11,14-16H,4,7-8,12-13H2,1H3. The Morgan fingerprint density at radius 2 is 1.68 bits per heavy atom. The minimum absolute atomic E-state index is 0.141. The van der Waals surface area contributed by atoms with Gasteiger partial charge in [-0.3, -0.25) is 0 Å². The van der Waals surface area contributed by atoms with Gasteiger partial charge in [0.1, 0.15) is 11.5 Å². The van der Waals surface area contributed by atoms with Crippen LogP contribution in [0.5, 0.6) is 0 Å². The van der Waals surface area contributed by atoms with Gasteiger partial charge in [-0.05, 0) is 90.3 Å². The highest BCUT2D eigenvalue weighted by Crippen LogP contribution is 2.42. The number of carbonyl (C=O) groups excluding carboxylic acids is 1. The second-order valence-electron chi connectivity index (χ2n) is 8.17. The molecule has 0 unspecified atom stereocenters. The first-order valence-corrected chi connectivity index (χ1v) is 11.0. The molecule has 0 spiro atoms. The van der Waals surface area contributed by atoms with E-state index in [4.69, 9.17) is 4.74 Å². The minimum atomic E-state index is -4.48. The van der Waals surface area contributed by atoms with Crippen LogP contribution in [0.2, 0.25) is 0 Å². The molecule has 4 rings (SSSR count). The lowest BCUT2D eigenvalue weighted by Crippen LogP contribution is -2.08. The van der Waals surface area contributed by atoms with Crippen molar-refractivity contribution >= 4 is 17.1 Å². The molecule has 0 N–H and O–H groups in total. The van der Waals surface area contributed by atoms with Gasteiger partial charge < -0.3 is 4.74 Å². The Morgan fingerprint density at radius 1 is 0.941 bits per heavy atom. The monoisotopic (exact) mass is 469 g/mol. The number of nitrogens with zero attached hydrogens (tertiary/aromatic N) is 1. The molecule has 0 radical (unpaired) electrons. The summed E-state index contributed by atoms with van der Waals surface area (Å²) in [6.07, 6.45) is -1.74. The van der Waals surface area contributed by atoms with Crippen molar-refractivity contribution in [3.63, 3.8) is 0 Å². The van der Waals surface area contributed by atoms with E-state index in [9.17, 15) is 22.4 Å². The van der Waals surface area contributed by atoms with Gasteiger partial charge in [-0.25, -0.2) is 14.2 Å². The molecule has 0 aliphatic heterocycles. The van der Waals surface area contributed by atoms with Crippen molar-refractivity contribution in [2.75, 3.05) is 7.11 Å². The van der Waals surface area contributed by atoms with Gasteiger partial charge in [0, 0.05) is 0 Å². The van der Waals surface area contributed by atoms with E-state index in [0.29, 0.717) is 42.5 Å². The molecule has 1 aliphatic rings. The summed E-state index contributed by atoms with van der Waals surface area (Å²) in [4.78, 5) is 16.3. The third-order valence-electron chi connectivity index (χ3n) is 6.05. The molecule has 0 amide bonds. The molecular weight excluding hydrogens is 446 g/mol. The molecule has 0 bridgehead atoms.